The number of carbonyl (C=O) groups is 1. The summed E-state index contributed by atoms with van der Waals surface area (Å²) in [6.45, 7) is 6.17. The number of carbonyl (C=O) groups excluding carboxylic acids is 1. The Labute approximate surface area is 180 Å². The highest BCUT2D eigenvalue weighted by molar-refractivity contribution is 5.86. The van der Waals surface area contributed by atoms with Crippen molar-refractivity contribution in [2.75, 3.05) is 52.9 Å². The highest BCUT2D eigenvalue weighted by Gasteiger charge is 2.30. The number of hydrogen-bond donors (Lipinski definition) is 1. The Balaban J connectivity index is 1.19. The SMILES string of the molecule is CN=C(NCC(=O)N1CCC(Cc2ccccc2)CC1)N1CCC(N2CC=CC2)C1. The Kier molecular flexibility index (Phi) is 7.05. The van der Waals surface area contributed by atoms with Crippen LogP contribution in [0.2, 0.25) is 0 Å². The number of likely N-dealkylation sites (tertiary alicyclic amines) is 2. The van der Waals surface area contributed by atoms with E-state index < -0.39 is 0 Å². The molecule has 3 aliphatic heterocycles. The topological polar surface area (TPSA) is 51.2 Å². The second kappa shape index (κ2) is 10.1. The van der Waals surface area contributed by atoms with Crippen LogP contribution in [0.15, 0.2) is 47.5 Å². The number of guanidine groups is 1. The van der Waals surface area contributed by atoms with E-state index in [1.807, 2.05) is 11.9 Å². The third-order valence-electron chi connectivity index (χ3n) is 6.77. The van der Waals surface area contributed by atoms with E-state index in [9.17, 15) is 4.79 Å². The molecule has 1 unspecified atom stereocenters. The number of aliphatic imine (C=N–C) groups is 1. The third-order valence-corrected chi connectivity index (χ3v) is 6.77. The summed E-state index contributed by atoms with van der Waals surface area (Å²) in [5.74, 6) is 1.73. The lowest BCUT2D eigenvalue weighted by Gasteiger charge is -2.32. The van der Waals surface area contributed by atoms with Gasteiger partial charge in [-0.3, -0.25) is 14.7 Å². The zero-order valence-corrected chi connectivity index (χ0v) is 18.2. The van der Waals surface area contributed by atoms with E-state index in [-0.39, 0.29) is 5.91 Å². The quantitative estimate of drug-likeness (QED) is 0.459. The minimum Gasteiger partial charge on any atom is -0.347 e. The van der Waals surface area contributed by atoms with Crippen molar-refractivity contribution < 1.29 is 4.79 Å². The highest BCUT2D eigenvalue weighted by atomic mass is 16.2. The predicted octanol–water partition coefficient (Wildman–Crippen LogP) is 1.99. The molecule has 1 atom stereocenters. The lowest BCUT2D eigenvalue weighted by atomic mass is 9.90. The van der Waals surface area contributed by atoms with Gasteiger partial charge in [-0.1, -0.05) is 42.5 Å². The monoisotopic (exact) mass is 409 g/mol. The number of benzene rings is 1. The molecule has 4 rings (SSSR count). The van der Waals surface area contributed by atoms with Gasteiger partial charge >= 0.3 is 0 Å². The molecule has 0 spiro atoms. The summed E-state index contributed by atoms with van der Waals surface area (Å²) in [7, 11) is 1.81. The first-order chi connectivity index (χ1) is 14.7. The van der Waals surface area contributed by atoms with Crippen molar-refractivity contribution in [3.63, 3.8) is 0 Å². The first-order valence-corrected chi connectivity index (χ1v) is 11.4. The van der Waals surface area contributed by atoms with Crippen LogP contribution in [0.1, 0.15) is 24.8 Å². The molecule has 2 saturated heterocycles. The van der Waals surface area contributed by atoms with Crippen molar-refractivity contribution in [1.82, 2.24) is 20.0 Å². The molecule has 1 N–H and O–H groups in total. The first kappa shape index (κ1) is 20.9. The molecule has 3 aliphatic rings. The Hall–Kier alpha value is -2.34. The minimum absolute atomic E-state index is 0.189. The van der Waals surface area contributed by atoms with Crippen LogP contribution in [0.25, 0.3) is 0 Å². The fraction of sp³-hybridized carbons (Fsp3) is 0.583. The second-order valence-corrected chi connectivity index (χ2v) is 8.73. The maximum atomic E-state index is 12.7. The molecule has 0 saturated carbocycles. The average Bonchev–Trinajstić information content (AvgIpc) is 3.48. The van der Waals surface area contributed by atoms with Crippen molar-refractivity contribution in [1.29, 1.82) is 0 Å². The molecule has 6 heteroatoms. The fourth-order valence-electron chi connectivity index (χ4n) is 4.96. The molecule has 6 nitrogen and oxygen atoms in total. The Morgan fingerprint density at radius 3 is 2.43 bits per heavy atom. The van der Waals surface area contributed by atoms with Gasteiger partial charge in [0.25, 0.3) is 0 Å². The number of nitrogens with zero attached hydrogens (tertiary/aromatic N) is 4. The number of nitrogens with one attached hydrogen (secondary N) is 1. The molecule has 30 heavy (non-hydrogen) atoms. The van der Waals surface area contributed by atoms with Crippen LogP contribution in [0.3, 0.4) is 0 Å². The van der Waals surface area contributed by atoms with Crippen LogP contribution in [0.4, 0.5) is 0 Å². The standard InChI is InChI=1S/C24H35N5O/c1-25-24(29-16-11-22(19-29)27-12-5-6-13-27)26-18-23(30)28-14-9-21(10-15-28)17-20-7-3-2-4-8-20/h2-8,21-22H,9-19H2,1H3,(H,25,26). The van der Waals surface area contributed by atoms with Gasteiger partial charge in [-0.05, 0) is 37.2 Å². The van der Waals surface area contributed by atoms with Gasteiger partial charge in [-0.2, -0.15) is 0 Å². The Morgan fingerprint density at radius 1 is 1.03 bits per heavy atom. The zero-order valence-electron chi connectivity index (χ0n) is 18.2. The van der Waals surface area contributed by atoms with Gasteiger partial charge in [0, 0.05) is 52.4 Å². The molecule has 3 heterocycles. The largest absolute Gasteiger partial charge is 0.347 e. The smallest absolute Gasteiger partial charge is 0.241 e. The van der Waals surface area contributed by atoms with Crippen LogP contribution >= 0.6 is 0 Å². The van der Waals surface area contributed by atoms with Gasteiger partial charge < -0.3 is 15.1 Å². The predicted molar refractivity (Wildman–Crippen MR) is 122 cm³/mol. The van der Waals surface area contributed by atoms with Gasteiger partial charge in [0.1, 0.15) is 0 Å². The summed E-state index contributed by atoms with van der Waals surface area (Å²) in [6.07, 6.45) is 8.95. The van der Waals surface area contributed by atoms with Crippen molar-refractivity contribution >= 4 is 11.9 Å². The van der Waals surface area contributed by atoms with Crippen molar-refractivity contribution in [3.8, 4) is 0 Å². The summed E-state index contributed by atoms with van der Waals surface area (Å²) >= 11 is 0. The second-order valence-electron chi connectivity index (χ2n) is 8.73. The van der Waals surface area contributed by atoms with E-state index in [2.05, 4.69) is 62.6 Å². The van der Waals surface area contributed by atoms with Crippen molar-refractivity contribution in [2.45, 2.75) is 31.7 Å². The van der Waals surface area contributed by atoms with Crippen LogP contribution in [0, 0.1) is 5.92 Å². The minimum atomic E-state index is 0.189. The number of rotatable bonds is 5. The van der Waals surface area contributed by atoms with Gasteiger partial charge in [0.15, 0.2) is 5.96 Å². The van der Waals surface area contributed by atoms with E-state index in [1.54, 1.807) is 0 Å². The van der Waals surface area contributed by atoms with E-state index in [0.717, 1.165) is 70.9 Å². The summed E-state index contributed by atoms with van der Waals surface area (Å²) < 4.78 is 0. The van der Waals surface area contributed by atoms with Crippen molar-refractivity contribution in [2.24, 2.45) is 10.9 Å². The fourth-order valence-corrected chi connectivity index (χ4v) is 4.96. The summed E-state index contributed by atoms with van der Waals surface area (Å²) in [5.41, 5.74) is 1.40. The maximum Gasteiger partial charge on any atom is 0.241 e. The summed E-state index contributed by atoms with van der Waals surface area (Å²) in [5, 5.41) is 3.32. The van der Waals surface area contributed by atoms with Gasteiger partial charge in [0.05, 0.1) is 6.54 Å². The maximum absolute atomic E-state index is 12.7. The lowest BCUT2D eigenvalue weighted by molar-refractivity contribution is -0.131. The van der Waals surface area contributed by atoms with E-state index >= 15 is 0 Å². The van der Waals surface area contributed by atoms with E-state index in [0.29, 0.717) is 18.5 Å². The lowest BCUT2D eigenvalue weighted by Crippen LogP contribution is -2.48. The molecule has 1 aromatic rings. The van der Waals surface area contributed by atoms with Gasteiger partial charge in [0.2, 0.25) is 5.91 Å². The van der Waals surface area contributed by atoms with Crippen LogP contribution in [-0.4, -0.2) is 85.5 Å². The number of amides is 1. The number of piperidine rings is 1. The average molecular weight is 410 g/mol. The van der Waals surface area contributed by atoms with Gasteiger partial charge in [-0.25, -0.2) is 0 Å². The zero-order chi connectivity index (χ0) is 20.8. The molecule has 1 amide bonds. The van der Waals surface area contributed by atoms with Crippen molar-refractivity contribution in [3.05, 3.63) is 48.0 Å². The van der Waals surface area contributed by atoms with Crippen LogP contribution in [0.5, 0.6) is 0 Å². The van der Waals surface area contributed by atoms with Crippen LogP contribution in [-0.2, 0) is 11.2 Å². The van der Waals surface area contributed by atoms with E-state index in [1.165, 1.54) is 5.56 Å². The molecule has 162 valence electrons. The summed E-state index contributed by atoms with van der Waals surface area (Å²) in [4.78, 5) is 24.0. The number of hydrogen-bond acceptors (Lipinski definition) is 3. The molecule has 0 aromatic heterocycles. The molecule has 1 aromatic carbocycles. The molecule has 2 fully saturated rings. The molecule has 0 bridgehead atoms. The van der Waals surface area contributed by atoms with Gasteiger partial charge in [-0.15, -0.1) is 0 Å². The third kappa shape index (κ3) is 5.22. The Bertz CT molecular complexity index is 746. The molecule has 0 radical (unpaired) electrons. The first-order valence-electron chi connectivity index (χ1n) is 11.4. The van der Waals surface area contributed by atoms with E-state index in [4.69, 9.17) is 0 Å². The molecular weight excluding hydrogens is 374 g/mol. The molecular formula is C24H35N5O. The normalized spacial score (nSPS) is 23.4. The highest BCUT2D eigenvalue weighted by Crippen LogP contribution is 2.22. The summed E-state index contributed by atoms with van der Waals surface area (Å²) in [6, 6.07) is 11.3. The molecule has 0 aliphatic carbocycles. The Morgan fingerprint density at radius 2 is 1.73 bits per heavy atom. The van der Waals surface area contributed by atoms with Crippen LogP contribution < -0.4 is 5.32 Å².